The van der Waals surface area contributed by atoms with Crippen LogP contribution in [0.2, 0.25) is 0 Å². The molecule has 0 spiro atoms. The normalized spacial score (nSPS) is 16.4. The molecule has 8 heteroatoms. The van der Waals surface area contributed by atoms with Gasteiger partial charge in [0.15, 0.2) is 11.6 Å². The summed E-state index contributed by atoms with van der Waals surface area (Å²) < 4.78 is 10.1. The van der Waals surface area contributed by atoms with Gasteiger partial charge in [-0.3, -0.25) is 14.4 Å². The molecule has 2 aliphatic rings. The van der Waals surface area contributed by atoms with Crippen LogP contribution in [0.3, 0.4) is 0 Å². The third-order valence-electron chi connectivity index (χ3n) is 6.12. The Bertz CT molecular complexity index is 900. The number of amides is 1. The van der Waals surface area contributed by atoms with Crippen molar-refractivity contribution >= 4 is 17.5 Å². The molecule has 1 fully saturated rings. The zero-order chi connectivity index (χ0) is 25.1. The third kappa shape index (κ3) is 8.48. The number of hydrogen-bond acceptors (Lipinski definition) is 7. The molecule has 0 N–H and O–H groups in total. The van der Waals surface area contributed by atoms with Crippen LogP contribution in [0.25, 0.3) is 0 Å². The van der Waals surface area contributed by atoms with E-state index in [4.69, 9.17) is 9.47 Å². The minimum absolute atomic E-state index is 0.000431. The number of carbonyl (C=O) groups is 3. The number of carbonyl (C=O) groups excluding carboxylic acids is 3. The van der Waals surface area contributed by atoms with Crippen LogP contribution >= 0.6 is 0 Å². The van der Waals surface area contributed by atoms with E-state index in [2.05, 4.69) is 16.8 Å². The lowest BCUT2D eigenvalue weighted by Gasteiger charge is -2.31. The Morgan fingerprint density at radius 1 is 1.15 bits per heavy atom. The summed E-state index contributed by atoms with van der Waals surface area (Å²) in [6.07, 6.45) is 4.55. The van der Waals surface area contributed by atoms with Crippen molar-refractivity contribution in [2.75, 3.05) is 33.4 Å². The number of methoxy groups -OCH3 is 1. The van der Waals surface area contributed by atoms with Crippen LogP contribution in [-0.2, 0) is 14.3 Å². The number of rotatable bonds is 8. The summed E-state index contributed by atoms with van der Waals surface area (Å²) in [5.74, 6) is 0.622. The molecule has 0 aromatic carbocycles. The van der Waals surface area contributed by atoms with Gasteiger partial charge in [-0.2, -0.15) is 0 Å². The fraction of sp³-hybridized carbons (Fsp3) is 0.577. The Balaban J connectivity index is 0.000000340. The van der Waals surface area contributed by atoms with E-state index in [0.29, 0.717) is 50.5 Å². The van der Waals surface area contributed by atoms with Crippen molar-refractivity contribution < 1.29 is 23.9 Å². The second-order valence-electron chi connectivity index (χ2n) is 8.91. The van der Waals surface area contributed by atoms with Crippen LogP contribution in [0, 0.1) is 5.92 Å². The maximum atomic E-state index is 12.5. The van der Waals surface area contributed by atoms with Crippen LogP contribution in [0.15, 0.2) is 35.4 Å². The van der Waals surface area contributed by atoms with E-state index in [9.17, 15) is 14.4 Å². The minimum atomic E-state index is -0.0906. The summed E-state index contributed by atoms with van der Waals surface area (Å²) in [6, 6.07) is 3.28. The van der Waals surface area contributed by atoms with Gasteiger partial charge in [-0.15, -0.1) is 16.8 Å². The molecule has 186 valence electrons. The number of likely N-dealkylation sites (tertiary alicyclic amines) is 1. The molecular weight excluding hydrogens is 434 g/mol. The van der Waals surface area contributed by atoms with E-state index in [1.807, 2.05) is 18.7 Å². The number of allylic oxidation sites excluding steroid dienone is 1. The average molecular weight is 472 g/mol. The van der Waals surface area contributed by atoms with Crippen molar-refractivity contribution in [3.05, 3.63) is 41.1 Å². The first kappa shape index (κ1) is 27.4. The Kier molecular flexibility index (Phi) is 11.1. The summed E-state index contributed by atoms with van der Waals surface area (Å²) in [4.78, 5) is 37.4. The molecule has 0 bridgehead atoms. The number of Topliss-reactive ketones (excluding diaryl/α,β-unsaturated/α-hetero) is 2. The number of aromatic nitrogens is 2. The highest BCUT2D eigenvalue weighted by molar-refractivity contribution is 5.96. The fourth-order valence-electron chi connectivity index (χ4n) is 3.94. The summed E-state index contributed by atoms with van der Waals surface area (Å²) in [7, 11) is 1.51. The number of nitrogens with zero attached hydrogens (tertiary/aromatic N) is 3. The van der Waals surface area contributed by atoms with Crippen LogP contribution in [-0.4, -0.2) is 66.0 Å². The second-order valence-corrected chi connectivity index (χ2v) is 8.91. The van der Waals surface area contributed by atoms with Crippen LogP contribution in [0.1, 0.15) is 69.8 Å². The molecular formula is C26H37N3O5. The van der Waals surface area contributed by atoms with Crippen molar-refractivity contribution in [2.45, 2.75) is 59.3 Å². The number of hydrogen-bond donors (Lipinski definition) is 0. The summed E-state index contributed by atoms with van der Waals surface area (Å²) in [5, 5.41) is 7.76. The zero-order valence-electron chi connectivity index (χ0n) is 20.9. The molecule has 3 heterocycles. The maximum absolute atomic E-state index is 12.5. The summed E-state index contributed by atoms with van der Waals surface area (Å²) in [5.41, 5.74) is 3.53. The quantitative estimate of drug-likeness (QED) is 0.418. The zero-order valence-corrected chi connectivity index (χ0v) is 20.9. The average Bonchev–Trinajstić information content (AvgIpc) is 2.84. The Morgan fingerprint density at radius 3 is 2.35 bits per heavy atom. The number of piperidine rings is 1. The van der Waals surface area contributed by atoms with E-state index in [-0.39, 0.29) is 23.4 Å². The fourth-order valence-corrected chi connectivity index (χ4v) is 3.94. The molecule has 1 saturated heterocycles. The van der Waals surface area contributed by atoms with Crippen molar-refractivity contribution in [1.82, 2.24) is 15.1 Å². The topological polar surface area (TPSA) is 98.7 Å². The van der Waals surface area contributed by atoms with Gasteiger partial charge in [-0.05, 0) is 58.9 Å². The number of ketones is 2. The molecule has 34 heavy (non-hydrogen) atoms. The molecule has 0 unspecified atom stereocenters. The lowest BCUT2D eigenvalue weighted by Crippen LogP contribution is -2.40. The molecule has 1 aromatic heterocycles. The first-order chi connectivity index (χ1) is 16.2. The second kappa shape index (κ2) is 13.7. The highest BCUT2D eigenvalue weighted by Gasteiger charge is 2.28. The van der Waals surface area contributed by atoms with Gasteiger partial charge in [0.1, 0.15) is 5.69 Å². The van der Waals surface area contributed by atoms with Crippen molar-refractivity contribution in [1.29, 1.82) is 0 Å². The van der Waals surface area contributed by atoms with E-state index in [0.717, 1.165) is 37.0 Å². The van der Waals surface area contributed by atoms with E-state index >= 15 is 0 Å². The van der Waals surface area contributed by atoms with Crippen molar-refractivity contribution in [3.63, 3.8) is 0 Å². The largest absolute Gasteiger partial charge is 0.480 e. The molecule has 0 radical (unpaired) electrons. The van der Waals surface area contributed by atoms with Gasteiger partial charge in [-0.25, -0.2) is 0 Å². The summed E-state index contributed by atoms with van der Waals surface area (Å²) >= 11 is 0. The first-order valence-corrected chi connectivity index (χ1v) is 11.8. The van der Waals surface area contributed by atoms with Gasteiger partial charge in [0.2, 0.25) is 11.8 Å². The van der Waals surface area contributed by atoms with E-state index in [1.165, 1.54) is 12.7 Å². The highest BCUT2D eigenvalue weighted by atomic mass is 16.5. The predicted molar refractivity (Wildman–Crippen MR) is 130 cm³/mol. The minimum Gasteiger partial charge on any atom is -0.480 e. The van der Waals surface area contributed by atoms with Gasteiger partial charge >= 0.3 is 0 Å². The molecule has 0 aliphatic carbocycles. The predicted octanol–water partition coefficient (Wildman–Crippen LogP) is 3.97. The Morgan fingerprint density at radius 2 is 1.85 bits per heavy atom. The van der Waals surface area contributed by atoms with Gasteiger partial charge in [0.25, 0.3) is 0 Å². The molecule has 1 aromatic rings. The standard InChI is InChI=1S/C18H25N3O3.C8H12O2/c1-13(2)5-4-6-17(22)21-11-9-14(10-12-21)18(23)15-7-8-16(24-3)20-19-15;1-6-3-4-10-5-8(6)7(2)9/h7-8,14H,1,4-6,9-12H2,2-3H3;3-5H2,1-2H3. The monoisotopic (exact) mass is 471 g/mol. The molecule has 0 saturated carbocycles. The number of ether oxygens (including phenoxy) is 2. The lowest BCUT2D eigenvalue weighted by molar-refractivity contribution is -0.132. The van der Waals surface area contributed by atoms with Gasteiger partial charge in [0.05, 0.1) is 20.3 Å². The SMILES string of the molecule is C=C(C)CCCC(=O)N1CCC(C(=O)c2ccc(OC)nn2)CC1.CC(=O)C1=C(C)CCOC1. The van der Waals surface area contributed by atoms with Gasteiger partial charge in [-0.1, -0.05) is 11.1 Å². The molecule has 8 nitrogen and oxygen atoms in total. The third-order valence-corrected chi connectivity index (χ3v) is 6.12. The summed E-state index contributed by atoms with van der Waals surface area (Å²) in [6.45, 7) is 12.0. The van der Waals surface area contributed by atoms with Crippen LogP contribution in [0.5, 0.6) is 5.88 Å². The Hall–Kier alpha value is -2.87. The molecule has 1 amide bonds. The van der Waals surface area contributed by atoms with Crippen molar-refractivity contribution in [2.24, 2.45) is 5.92 Å². The van der Waals surface area contributed by atoms with E-state index in [1.54, 1.807) is 19.1 Å². The maximum Gasteiger partial charge on any atom is 0.233 e. The Labute approximate surface area is 202 Å². The van der Waals surface area contributed by atoms with Gasteiger partial charge in [0, 0.05) is 37.1 Å². The van der Waals surface area contributed by atoms with Gasteiger partial charge < -0.3 is 14.4 Å². The van der Waals surface area contributed by atoms with Crippen LogP contribution < -0.4 is 4.74 Å². The van der Waals surface area contributed by atoms with E-state index < -0.39 is 0 Å². The smallest absolute Gasteiger partial charge is 0.233 e. The first-order valence-electron chi connectivity index (χ1n) is 11.8. The van der Waals surface area contributed by atoms with Crippen molar-refractivity contribution in [3.8, 4) is 5.88 Å². The molecule has 3 rings (SSSR count). The molecule has 2 aliphatic heterocycles. The molecule has 0 atom stereocenters. The highest BCUT2D eigenvalue weighted by Crippen LogP contribution is 2.22. The van der Waals surface area contributed by atoms with Crippen LogP contribution in [0.4, 0.5) is 0 Å². The lowest BCUT2D eigenvalue weighted by atomic mass is 9.90.